The van der Waals surface area contributed by atoms with Crippen molar-refractivity contribution in [3.05, 3.63) is 65.2 Å². The van der Waals surface area contributed by atoms with Crippen molar-refractivity contribution in [1.29, 1.82) is 0 Å². The molecule has 29 heavy (non-hydrogen) atoms. The Morgan fingerprint density at radius 3 is 2.55 bits per heavy atom. The van der Waals surface area contributed by atoms with Crippen LogP contribution in [0.3, 0.4) is 0 Å². The quantitative estimate of drug-likeness (QED) is 0.655. The fourth-order valence-corrected chi connectivity index (χ4v) is 4.02. The maximum atomic E-state index is 13.1. The normalized spacial score (nSPS) is 17.1. The van der Waals surface area contributed by atoms with Crippen LogP contribution < -0.4 is 4.74 Å². The summed E-state index contributed by atoms with van der Waals surface area (Å²) >= 11 is 0. The Balaban J connectivity index is 1.36. The van der Waals surface area contributed by atoms with E-state index in [9.17, 15) is 4.79 Å². The van der Waals surface area contributed by atoms with Gasteiger partial charge < -0.3 is 9.64 Å². The van der Waals surface area contributed by atoms with E-state index in [4.69, 9.17) is 4.74 Å². The molecule has 1 aliphatic carbocycles. The minimum absolute atomic E-state index is 0.129. The average Bonchev–Trinajstić information content (AvgIpc) is 3.58. The molecule has 4 heteroatoms. The largest absolute Gasteiger partial charge is 0.492 e. The summed E-state index contributed by atoms with van der Waals surface area (Å²) < 4.78 is 6.02. The third-order valence-electron chi connectivity index (χ3n) is 5.92. The lowest BCUT2D eigenvalue weighted by atomic mass is 10.1. The summed E-state index contributed by atoms with van der Waals surface area (Å²) in [5, 5.41) is 0. The van der Waals surface area contributed by atoms with E-state index in [0.717, 1.165) is 42.9 Å². The van der Waals surface area contributed by atoms with Crippen LogP contribution in [0.25, 0.3) is 0 Å². The first-order chi connectivity index (χ1) is 14.2. The van der Waals surface area contributed by atoms with Crippen LogP contribution in [0.4, 0.5) is 0 Å². The summed E-state index contributed by atoms with van der Waals surface area (Å²) in [4.78, 5) is 17.6. The van der Waals surface area contributed by atoms with Gasteiger partial charge in [-0.1, -0.05) is 36.2 Å². The van der Waals surface area contributed by atoms with Gasteiger partial charge in [-0.15, -0.1) is 0 Å². The Morgan fingerprint density at radius 1 is 1.07 bits per heavy atom. The zero-order valence-corrected chi connectivity index (χ0v) is 17.5. The van der Waals surface area contributed by atoms with E-state index in [1.54, 1.807) is 0 Å². The second-order valence-electron chi connectivity index (χ2n) is 8.43. The first kappa shape index (κ1) is 20.0. The maximum Gasteiger partial charge on any atom is 0.254 e. The van der Waals surface area contributed by atoms with Gasteiger partial charge in [-0.25, -0.2) is 0 Å². The zero-order chi connectivity index (χ0) is 20.1. The molecule has 154 valence electrons. The van der Waals surface area contributed by atoms with Crippen LogP contribution in [0.1, 0.15) is 53.6 Å². The fraction of sp³-hybridized carbons (Fsp3) is 0.480. The SMILES string of the molecule is Cc1ccc(C(=O)N(Cc2cccc(OCCN3CCCCC3)c2)C2CC2)cc1. The Morgan fingerprint density at radius 2 is 1.83 bits per heavy atom. The molecule has 1 amide bonds. The van der Waals surface area contributed by atoms with Crippen LogP contribution in [0, 0.1) is 6.92 Å². The Labute approximate surface area is 174 Å². The number of hydrogen-bond donors (Lipinski definition) is 0. The molecule has 0 bridgehead atoms. The predicted molar refractivity (Wildman–Crippen MR) is 116 cm³/mol. The van der Waals surface area contributed by atoms with Gasteiger partial charge in [0.05, 0.1) is 0 Å². The molecule has 0 atom stereocenters. The molecule has 0 spiro atoms. The van der Waals surface area contributed by atoms with Crippen molar-refractivity contribution >= 4 is 5.91 Å². The molecule has 4 rings (SSSR count). The van der Waals surface area contributed by atoms with Gasteiger partial charge in [0.2, 0.25) is 0 Å². The summed E-state index contributed by atoms with van der Waals surface area (Å²) in [6.07, 6.45) is 6.18. The van der Waals surface area contributed by atoms with Crippen LogP contribution in [-0.4, -0.2) is 48.0 Å². The lowest BCUT2D eigenvalue weighted by Crippen LogP contribution is -2.33. The maximum absolute atomic E-state index is 13.1. The highest BCUT2D eigenvalue weighted by Crippen LogP contribution is 2.30. The van der Waals surface area contributed by atoms with Gasteiger partial charge in [-0.05, 0) is 75.5 Å². The number of aryl methyl sites for hydroxylation is 1. The fourth-order valence-electron chi connectivity index (χ4n) is 4.02. The van der Waals surface area contributed by atoms with Crippen molar-refractivity contribution in [2.45, 2.75) is 51.6 Å². The van der Waals surface area contributed by atoms with Gasteiger partial charge in [0, 0.05) is 24.7 Å². The van der Waals surface area contributed by atoms with Crippen molar-refractivity contribution < 1.29 is 9.53 Å². The van der Waals surface area contributed by atoms with Crippen LogP contribution in [0.5, 0.6) is 5.75 Å². The molecular weight excluding hydrogens is 360 g/mol. The highest BCUT2D eigenvalue weighted by molar-refractivity contribution is 5.94. The monoisotopic (exact) mass is 392 g/mol. The van der Waals surface area contributed by atoms with Crippen LogP contribution in [0.15, 0.2) is 48.5 Å². The number of likely N-dealkylation sites (tertiary alicyclic amines) is 1. The van der Waals surface area contributed by atoms with Gasteiger partial charge >= 0.3 is 0 Å². The number of carbonyl (C=O) groups excluding carboxylic acids is 1. The molecule has 2 aliphatic rings. The number of nitrogens with zero attached hydrogens (tertiary/aromatic N) is 2. The van der Waals surface area contributed by atoms with E-state index in [0.29, 0.717) is 12.6 Å². The molecule has 0 unspecified atom stereocenters. The standard InChI is InChI=1S/C25H32N2O2/c1-20-8-10-22(11-9-20)25(28)27(23-12-13-23)19-21-6-5-7-24(18-21)29-17-16-26-14-3-2-4-15-26/h5-11,18,23H,2-4,12-17,19H2,1H3. The van der Waals surface area contributed by atoms with E-state index in [2.05, 4.69) is 17.0 Å². The summed E-state index contributed by atoms with van der Waals surface area (Å²) in [6.45, 7) is 6.79. The number of carbonyl (C=O) groups is 1. The molecule has 0 aromatic heterocycles. The number of ether oxygens (including phenoxy) is 1. The van der Waals surface area contributed by atoms with Crippen molar-refractivity contribution in [2.24, 2.45) is 0 Å². The Bertz CT molecular complexity index is 808. The molecule has 1 saturated heterocycles. The van der Waals surface area contributed by atoms with Crippen LogP contribution >= 0.6 is 0 Å². The zero-order valence-electron chi connectivity index (χ0n) is 17.5. The molecule has 1 saturated carbocycles. The third-order valence-corrected chi connectivity index (χ3v) is 5.92. The van der Waals surface area contributed by atoms with Gasteiger partial charge in [0.1, 0.15) is 12.4 Å². The Hall–Kier alpha value is -2.33. The van der Waals surface area contributed by atoms with E-state index in [-0.39, 0.29) is 5.91 Å². The van der Waals surface area contributed by atoms with Crippen LogP contribution in [-0.2, 0) is 6.54 Å². The van der Waals surface area contributed by atoms with Gasteiger partial charge in [-0.3, -0.25) is 9.69 Å². The summed E-state index contributed by atoms with van der Waals surface area (Å²) in [5.41, 5.74) is 3.08. The molecule has 1 aliphatic heterocycles. The number of amides is 1. The molecule has 1 heterocycles. The molecule has 4 nitrogen and oxygen atoms in total. The van der Waals surface area contributed by atoms with E-state index < -0.39 is 0 Å². The lowest BCUT2D eigenvalue weighted by molar-refractivity contribution is 0.0729. The summed E-state index contributed by atoms with van der Waals surface area (Å²) in [7, 11) is 0. The van der Waals surface area contributed by atoms with Crippen molar-refractivity contribution in [3.63, 3.8) is 0 Å². The molecular formula is C25H32N2O2. The second kappa shape index (κ2) is 9.45. The molecule has 2 aromatic carbocycles. The third kappa shape index (κ3) is 5.60. The highest BCUT2D eigenvalue weighted by atomic mass is 16.5. The second-order valence-corrected chi connectivity index (χ2v) is 8.43. The van der Waals surface area contributed by atoms with E-state index >= 15 is 0 Å². The van der Waals surface area contributed by atoms with Crippen molar-refractivity contribution in [3.8, 4) is 5.75 Å². The number of piperidine rings is 1. The van der Waals surface area contributed by atoms with Gasteiger partial charge in [-0.2, -0.15) is 0 Å². The topological polar surface area (TPSA) is 32.8 Å². The predicted octanol–water partition coefficient (Wildman–Crippen LogP) is 4.66. The van der Waals surface area contributed by atoms with Crippen molar-refractivity contribution in [2.75, 3.05) is 26.2 Å². The molecule has 2 aromatic rings. The van der Waals surface area contributed by atoms with Crippen molar-refractivity contribution in [1.82, 2.24) is 9.80 Å². The van der Waals surface area contributed by atoms with Gasteiger partial charge in [0.15, 0.2) is 0 Å². The van der Waals surface area contributed by atoms with Gasteiger partial charge in [0.25, 0.3) is 5.91 Å². The molecule has 2 fully saturated rings. The van der Waals surface area contributed by atoms with E-state index in [1.807, 2.05) is 48.2 Å². The summed E-state index contributed by atoms with van der Waals surface area (Å²) in [5.74, 6) is 1.03. The number of benzene rings is 2. The highest BCUT2D eigenvalue weighted by Gasteiger charge is 2.33. The minimum atomic E-state index is 0.129. The Kier molecular flexibility index (Phi) is 6.50. The summed E-state index contributed by atoms with van der Waals surface area (Å²) in [6, 6.07) is 16.5. The minimum Gasteiger partial charge on any atom is -0.492 e. The molecule has 0 radical (unpaired) electrons. The van der Waals surface area contributed by atoms with E-state index in [1.165, 1.54) is 37.9 Å². The average molecular weight is 393 g/mol. The first-order valence-electron chi connectivity index (χ1n) is 11.0. The first-order valence-corrected chi connectivity index (χ1v) is 11.0. The number of hydrogen-bond acceptors (Lipinski definition) is 3. The van der Waals surface area contributed by atoms with Crippen LogP contribution in [0.2, 0.25) is 0 Å². The number of rotatable bonds is 8. The smallest absolute Gasteiger partial charge is 0.254 e. The molecule has 0 N–H and O–H groups in total. The lowest BCUT2D eigenvalue weighted by Gasteiger charge is -2.26.